The average molecular weight is 309 g/mol. The lowest BCUT2D eigenvalue weighted by Gasteiger charge is -2.33. The molecule has 1 aliphatic rings. The Morgan fingerprint density at radius 3 is 2.24 bits per heavy atom. The van der Waals surface area contributed by atoms with Crippen molar-refractivity contribution in [3.05, 3.63) is 0 Å². The molecule has 1 fully saturated rings. The number of hydrogen-bond donors (Lipinski definition) is 1. The van der Waals surface area contributed by atoms with Gasteiger partial charge in [0.15, 0.2) is 0 Å². The molecular weight excluding hydrogens is 287 g/mol. The molecule has 1 heterocycles. The van der Waals surface area contributed by atoms with E-state index < -0.39 is 18.1 Å². The number of piperidine rings is 1. The fourth-order valence-electron chi connectivity index (χ4n) is 2.22. The molecule has 0 aromatic heterocycles. The predicted molar refractivity (Wildman–Crippen MR) is 71.5 cm³/mol. The van der Waals surface area contributed by atoms with Crippen molar-refractivity contribution in [3.63, 3.8) is 0 Å². The second kappa shape index (κ2) is 7.11. The molecule has 0 saturated carbocycles. The highest BCUT2D eigenvalue weighted by Gasteiger charge is 2.43. The van der Waals surface area contributed by atoms with Crippen molar-refractivity contribution in [2.45, 2.75) is 32.0 Å². The summed E-state index contributed by atoms with van der Waals surface area (Å²) in [5, 5.41) is 2.66. The summed E-state index contributed by atoms with van der Waals surface area (Å²) in [7, 11) is 3.18. The lowest BCUT2D eigenvalue weighted by Crippen LogP contribution is -2.53. The zero-order valence-electron chi connectivity index (χ0n) is 12.5. The van der Waals surface area contributed by atoms with Crippen LogP contribution in [-0.4, -0.2) is 67.6 Å². The first-order valence-corrected chi connectivity index (χ1v) is 6.95. The van der Waals surface area contributed by atoms with Crippen molar-refractivity contribution < 1.29 is 22.8 Å². The minimum absolute atomic E-state index is 0.0524. The first-order valence-electron chi connectivity index (χ1n) is 6.95. The van der Waals surface area contributed by atoms with Crippen LogP contribution in [-0.2, 0) is 9.59 Å². The first-order chi connectivity index (χ1) is 9.66. The van der Waals surface area contributed by atoms with Crippen LogP contribution in [0.1, 0.15) is 19.8 Å². The third kappa shape index (κ3) is 4.87. The van der Waals surface area contributed by atoms with Gasteiger partial charge in [-0.3, -0.25) is 9.59 Å². The monoisotopic (exact) mass is 309 g/mol. The number of hydrogen-bond acceptors (Lipinski definition) is 3. The summed E-state index contributed by atoms with van der Waals surface area (Å²) >= 11 is 0. The predicted octanol–water partition coefficient (Wildman–Crippen LogP) is 0.854. The van der Waals surface area contributed by atoms with Crippen LogP contribution in [0.25, 0.3) is 0 Å². The van der Waals surface area contributed by atoms with Gasteiger partial charge in [-0.05, 0) is 19.8 Å². The Morgan fingerprint density at radius 2 is 1.86 bits per heavy atom. The van der Waals surface area contributed by atoms with Crippen LogP contribution in [0, 0.1) is 5.92 Å². The molecule has 1 rings (SSSR count). The number of carbonyl (C=O) groups excluding carboxylic acids is 2. The second-order valence-corrected chi connectivity index (χ2v) is 5.42. The number of alkyl halides is 3. The average Bonchev–Trinajstić information content (AvgIpc) is 2.42. The van der Waals surface area contributed by atoms with Crippen LogP contribution < -0.4 is 5.32 Å². The van der Waals surface area contributed by atoms with Crippen LogP contribution >= 0.6 is 0 Å². The number of nitrogens with zero attached hydrogens (tertiary/aromatic N) is 2. The SMILES string of the molecule is CCN(CC(=O)N(C)C)C(=O)C1CCC(C(F)(F)F)CN1. The van der Waals surface area contributed by atoms with Gasteiger partial charge in [-0.15, -0.1) is 0 Å². The van der Waals surface area contributed by atoms with Crippen LogP contribution in [0.15, 0.2) is 0 Å². The van der Waals surface area contributed by atoms with E-state index in [1.807, 2.05) is 0 Å². The third-order valence-electron chi connectivity index (χ3n) is 3.69. The smallest absolute Gasteiger partial charge is 0.347 e. The summed E-state index contributed by atoms with van der Waals surface area (Å²) in [6.45, 7) is 1.78. The highest BCUT2D eigenvalue weighted by Crippen LogP contribution is 2.32. The topological polar surface area (TPSA) is 52.7 Å². The number of rotatable bonds is 4. The Morgan fingerprint density at radius 1 is 1.24 bits per heavy atom. The molecule has 1 aliphatic heterocycles. The molecular formula is C13H22F3N3O2. The summed E-state index contributed by atoms with van der Waals surface area (Å²) in [6.07, 6.45) is -4.16. The van der Waals surface area contributed by atoms with E-state index in [0.717, 1.165) is 0 Å². The molecule has 21 heavy (non-hydrogen) atoms. The highest BCUT2D eigenvalue weighted by molar-refractivity contribution is 5.87. The first kappa shape index (κ1) is 17.7. The van der Waals surface area contributed by atoms with E-state index in [1.54, 1.807) is 21.0 Å². The summed E-state index contributed by atoms with van der Waals surface area (Å²) in [6, 6.07) is -0.640. The van der Waals surface area contributed by atoms with E-state index in [0.29, 0.717) is 6.54 Å². The molecule has 8 heteroatoms. The number of amides is 2. The number of likely N-dealkylation sites (N-methyl/N-ethyl adjacent to an activating group) is 2. The fourth-order valence-corrected chi connectivity index (χ4v) is 2.22. The molecule has 122 valence electrons. The Kier molecular flexibility index (Phi) is 6.00. The van der Waals surface area contributed by atoms with Gasteiger partial charge in [-0.1, -0.05) is 0 Å². The van der Waals surface area contributed by atoms with Gasteiger partial charge in [0.25, 0.3) is 0 Å². The zero-order chi connectivity index (χ0) is 16.2. The lowest BCUT2D eigenvalue weighted by atomic mass is 9.93. The quantitative estimate of drug-likeness (QED) is 0.838. The molecule has 0 aromatic carbocycles. The van der Waals surface area contributed by atoms with Gasteiger partial charge >= 0.3 is 6.18 Å². The van der Waals surface area contributed by atoms with Gasteiger partial charge in [0, 0.05) is 27.2 Å². The molecule has 1 saturated heterocycles. The van der Waals surface area contributed by atoms with Gasteiger partial charge in [-0.2, -0.15) is 13.2 Å². The van der Waals surface area contributed by atoms with Gasteiger partial charge in [-0.25, -0.2) is 0 Å². The highest BCUT2D eigenvalue weighted by atomic mass is 19.4. The van der Waals surface area contributed by atoms with E-state index >= 15 is 0 Å². The Hall–Kier alpha value is -1.31. The summed E-state index contributed by atoms with van der Waals surface area (Å²) < 4.78 is 37.7. The molecule has 1 N–H and O–H groups in total. The minimum Gasteiger partial charge on any atom is -0.347 e. The van der Waals surface area contributed by atoms with Gasteiger partial charge < -0.3 is 15.1 Å². The number of carbonyl (C=O) groups is 2. The lowest BCUT2D eigenvalue weighted by molar-refractivity contribution is -0.180. The number of halogens is 3. The molecule has 2 amide bonds. The Bertz CT molecular complexity index is 377. The molecule has 0 radical (unpaired) electrons. The van der Waals surface area contributed by atoms with Gasteiger partial charge in [0.05, 0.1) is 18.5 Å². The largest absolute Gasteiger partial charge is 0.393 e. The molecule has 5 nitrogen and oxygen atoms in total. The maximum atomic E-state index is 12.6. The van der Waals surface area contributed by atoms with Crippen molar-refractivity contribution in [2.75, 3.05) is 33.7 Å². The summed E-state index contributed by atoms with van der Waals surface area (Å²) in [5.41, 5.74) is 0. The maximum Gasteiger partial charge on any atom is 0.393 e. The molecule has 2 atom stereocenters. The fraction of sp³-hybridized carbons (Fsp3) is 0.846. The molecule has 2 unspecified atom stereocenters. The van der Waals surface area contributed by atoms with Crippen molar-refractivity contribution in [1.82, 2.24) is 15.1 Å². The van der Waals surface area contributed by atoms with Crippen molar-refractivity contribution in [2.24, 2.45) is 5.92 Å². The molecule has 0 spiro atoms. The van der Waals surface area contributed by atoms with Crippen LogP contribution in [0.5, 0.6) is 0 Å². The Balaban J connectivity index is 2.57. The van der Waals surface area contributed by atoms with E-state index in [1.165, 1.54) is 9.80 Å². The van der Waals surface area contributed by atoms with Crippen molar-refractivity contribution >= 4 is 11.8 Å². The van der Waals surface area contributed by atoms with E-state index in [9.17, 15) is 22.8 Å². The number of nitrogens with one attached hydrogen (secondary N) is 1. The minimum atomic E-state index is -4.23. The Labute approximate surface area is 122 Å². The van der Waals surface area contributed by atoms with Crippen LogP contribution in [0.2, 0.25) is 0 Å². The zero-order valence-corrected chi connectivity index (χ0v) is 12.5. The van der Waals surface area contributed by atoms with Crippen LogP contribution in [0.3, 0.4) is 0 Å². The van der Waals surface area contributed by atoms with E-state index in [-0.39, 0.29) is 37.7 Å². The van der Waals surface area contributed by atoms with Gasteiger partial charge in [0.2, 0.25) is 11.8 Å². The summed E-state index contributed by atoms with van der Waals surface area (Å²) in [4.78, 5) is 26.6. The normalized spacial score (nSPS) is 22.8. The standard InChI is InChI=1S/C13H22F3N3O2/c1-4-19(8-11(20)18(2)3)12(21)10-6-5-9(7-17-10)13(14,15)16/h9-10,17H,4-8H2,1-3H3. The molecule has 0 aliphatic carbocycles. The van der Waals surface area contributed by atoms with Crippen molar-refractivity contribution in [1.29, 1.82) is 0 Å². The molecule has 0 bridgehead atoms. The third-order valence-corrected chi connectivity index (χ3v) is 3.69. The maximum absolute atomic E-state index is 12.6. The summed E-state index contributed by atoms with van der Waals surface area (Å²) in [5.74, 6) is -1.93. The second-order valence-electron chi connectivity index (χ2n) is 5.42. The molecule has 0 aromatic rings. The van der Waals surface area contributed by atoms with Crippen molar-refractivity contribution in [3.8, 4) is 0 Å². The van der Waals surface area contributed by atoms with Gasteiger partial charge in [0.1, 0.15) is 0 Å². The van der Waals surface area contributed by atoms with E-state index in [4.69, 9.17) is 0 Å². The van der Waals surface area contributed by atoms with Crippen LogP contribution in [0.4, 0.5) is 13.2 Å². The van der Waals surface area contributed by atoms with E-state index in [2.05, 4.69) is 5.32 Å².